The van der Waals surface area contributed by atoms with Crippen molar-refractivity contribution in [2.24, 2.45) is 5.92 Å². The lowest BCUT2D eigenvalue weighted by molar-refractivity contribution is -0.122. The second-order valence-corrected chi connectivity index (χ2v) is 4.66. The Kier molecular flexibility index (Phi) is 8.01. The zero-order valence-corrected chi connectivity index (χ0v) is 10.9. The van der Waals surface area contributed by atoms with Crippen molar-refractivity contribution >= 4 is 5.91 Å². The van der Waals surface area contributed by atoms with Gasteiger partial charge in [0.15, 0.2) is 0 Å². The van der Waals surface area contributed by atoms with E-state index in [2.05, 4.69) is 5.32 Å². The van der Waals surface area contributed by atoms with Crippen LogP contribution in [0.4, 0.5) is 0 Å². The number of carbonyl (C=O) groups is 1. The fraction of sp³-hybridized carbons (Fsp3) is 0.923. The predicted molar refractivity (Wildman–Crippen MR) is 66.9 cm³/mol. The number of hydrogen-bond donors (Lipinski definition) is 1. The van der Waals surface area contributed by atoms with Crippen molar-refractivity contribution in [2.75, 3.05) is 33.5 Å². The Bertz CT molecular complexity index is 203. The third-order valence-electron chi connectivity index (χ3n) is 3.17. The van der Waals surface area contributed by atoms with E-state index in [-0.39, 0.29) is 5.91 Å². The molecule has 0 aromatic rings. The predicted octanol–water partition coefficient (Wildman–Crippen LogP) is 1.74. The SMILES string of the molecule is COCCOCCCNC(=O)CC1CCCC1. The Morgan fingerprint density at radius 3 is 2.71 bits per heavy atom. The maximum atomic E-state index is 11.6. The highest BCUT2D eigenvalue weighted by Crippen LogP contribution is 2.27. The summed E-state index contributed by atoms with van der Waals surface area (Å²) in [6, 6.07) is 0. The molecule has 100 valence electrons. The second-order valence-electron chi connectivity index (χ2n) is 4.66. The lowest BCUT2D eigenvalue weighted by Gasteiger charge is -2.09. The highest BCUT2D eigenvalue weighted by atomic mass is 16.5. The second kappa shape index (κ2) is 9.42. The minimum Gasteiger partial charge on any atom is -0.382 e. The van der Waals surface area contributed by atoms with E-state index in [1.165, 1.54) is 25.7 Å². The lowest BCUT2D eigenvalue weighted by atomic mass is 10.0. The molecule has 1 fully saturated rings. The first kappa shape index (κ1) is 14.5. The molecule has 0 atom stereocenters. The van der Waals surface area contributed by atoms with E-state index in [0.717, 1.165) is 13.0 Å². The summed E-state index contributed by atoms with van der Waals surface area (Å²) in [6.45, 7) is 2.67. The maximum absolute atomic E-state index is 11.6. The van der Waals surface area contributed by atoms with E-state index >= 15 is 0 Å². The molecule has 1 rings (SSSR count). The molecule has 0 aromatic heterocycles. The smallest absolute Gasteiger partial charge is 0.220 e. The minimum atomic E-state index is 0.203. The topological polar surface area (TPSA) is 47.6 Å². The van der Waals surface area contributed by atoms with Gasteiger partial charge in [-0.15, -0.1) is 0 Å². The molecule has 4 nitrogen and oxygen atoms in total. The van der Waals surface area contributed by atoms with Gasteiger partial charge in [-0.2, -0.15) is 0 Å². The van der Waals surface area contributed by atoms with Crippen LogP contribution in [0.15, 0.2) is 0 Å². The third kappa shape index (κ3) is 7.34. The maximum Gasteiger partial charge on any atom is 0.220 e. The van der Waals surface area contributed by atoms with Gasteiger partial charge in [0.1, 0.15) is 0 Å². The Morgan fingerprint density at radius 2 is 2.00 bits per heavy atom. The summed E-state index contributed by atoms with van der Waals surface area (Å²) in [5.74, 6) is 0.835. The first-order valence-corrected chi connectivity index (χ1v) is 6.66. The molecular weight excluding hydrogens is 218 g/mol. The van der Waals surface area contributed by atoms with Crippen LogP contribution < -0.4 is 5.32 Å². The number of ether oxygens (including phenoxy) is 2. The third-order valence-corrected chi connectivity index (χ3v) is 3.17. The van der Waals surface area contributed by atoms with E-state index in [0.29, 0.717) is 32.2 Å². The molecule has 1 N–H and O–H groups in total. The van der Waals surface area contributed by atoms with Crippen LogP contribution >= 0.6 is 0 Å². The molecule has 4 heteroatoms. The van der Waals surface area contributed by atoms with Crippen LogP contribution in [0.1, 0.15) is 38.5 Å². The van der Waals surface area contributed by atoms with Crippen LogP contribution in [0.5, 0.6) is 0 Å². The molecule has 0 saturated heterocycles. The fourth-order valence-corrected chi connectivity index (χ4v) is 2.20. The molecule has 1 amide bonds. The zero-order valence-electron chi connectivity index (χ0n) is 10.9. The highest BCUT2D eigenvalue weighted by molar-refractivity contribution is 5.76. The molecule has 1 saturated carbocycles. The van der Waals surface area contributed by atoms with Crippen LogP contribution in [0.2, 0.25) is 0 Å². The molecule has 17 heavy (non-hydrogen) atoms. The Labute approximate surface area is 104 Å². The Balaban J connectivity index is 1.86. The van der Waals surface area contributed by atoms with Gasteiger partial charge in [0.2, 0.25) is 5.91 Å². The highest BCUT2D eigenvalue weighted by Gasteiger charge is 2.17. The van der Waals surface area contributed by atoms with Gasteiger partial charge < -0.3 is 14.8 Å². The summed E-state index contributed by atoms with van der Waals surface area (Å²) >= 11 is 0. The molecule has 0 spiro atoms. The van der Waals surface area contributed by atoms with E-state index in [4.69, 9.17) is 9.47 Å². The van der Waals surface area contributed by atoms with E-state index in [9.17, 15) is 4.79 Å². The van der Waals surface area contributed by atoms with Crippen LogP contribution in [-0.4, -0.2) is 39.4 Å². The van der Waals surface area contributed by atoms with Gasteiger partial charge in [0, 0.05) is 26.7 Å². The largest absolute Gasteiger partial charge is 0.382 e. The first-order chi connectivity index (χ1) is 8.33. The van der Waals surface area contributed by atoms with Crippen LogP contribution in [0, 0.1) is 5.92 Å². The first-order valence-electron chi connectivity index (χ1n) is 6.66. The van der Waals surface area contributed by atoms with Gasteiger partial charge in [-0.25, -0.2) is 0 Å². The summed E-state index contributed by atoms with van der Waals surface area (Å²) in [7, 11) is 1.66. The van der Waals surface area contributed by atoms with Crippen molar-refractivity contribution in [1.29, 1.82) is 0 Å². The number of rotatable bonds is 9. The number of amides is 1. The van der Waals surface area contributed by atoms with Crippen molar-refractivity contribution in [3.63, 3.8) is 0 Å². The number of hydrogen-bond acceptors (Lipinski definition) is 3. The Morgan fingerprint density at radius 1 is 1.24 bits per heavy atom. The molecular formula is C13H25NO3. The van der Waals surface area contributed by atoms with Crippen molar-refractivity contribution < 1.29 is 14.3 Å². The van der Waals surface area contributed by atoms with Crippen molar-refractivity contribution in [2.45, 2.75) is 38.5 Å². The van der Waals surface area contributed by atoms with Gasteiger partial charge >= 0.3 is 0 Å². The molecule has 0 aromatic carbocycles. The average Bonchev–Trinajstić information content (AvgIpc) is 2.80. The van der Waals surface area contributed by atoms with Gasteiger partial charge in [-0.05, 0) is 25.2 Å². The summed E-state index contributed by atoms with van der Waals surface area (Å²) < 4.78 is 10.2. The standard InChI is InChI=1S/C13H25NO3/c1-16-9-10-17-8-4-7-14-13(15)11-12-5-2-3-6-12/h12H,2-11H2,1H3,(H,14,15). The lowest BCUT2D eigenvalue weighted by Crippen LogP contribution is -2.26. The minimum absolute atomic E-state index is 0.203. The van der Waals surface area contributed by atoms with Gasteiger partial charge in [0.25, 0.3) is 0 Å². The van der Waals surface area contributed by atoms with Gasteiger partial charge in [-0.3, -0.25) is 4.79 Å². The molecule has 0 aliphatic heterocycles. The zero-order chi connectivity index (χ0) is 12.3. The summed E-state index contributed by atoms with van der Waals surface area (Å²) in [5.41, 5.74) is 0. The molecule has 1 aliphatic carbocycles. The number of carbonyl (C=O) groups excluding carboxylic acids is 1. The summed E-state index contributed by atoms with van der Waals surface area (Å²) in [6.07, 6.45) is 6.64. The van der Waals surface area contributed by atoms with Gasteiger partial charge in [0.05, 0.1) is 13.2 Å². The molecule has 1 aliphatic rings. The number of nitrogens with one attached hydrogen (secondary N) is 1. The Hall–Kier alpha value is -0.610. The van der Waals surface area contributed by atoms with Crippen molar-refractivity contribution in [3.05, 3.63) is 0 Å². The van der Waals surface area contributed by atoms with Crippen LogP contribution in [0.3, 0.4) is 0 Å². The van der Waals surface area contributed by atoms with E-state index in [1.54, 1.807) is 7.11 Å². The van der Waals surface area contributed by atoms with Crippen LogP contribution in [0.25, 0.3) is 0 Å². The quantitative estimate of drug-likeness (QED) is 0.627. The molecule has 0 bridgehead atoms. The van der Waals surface area contributed by atoms with Crippen molar-refractivity contribution in [3.8, 4) is 0 Å². The monoisotopic (exact) mass is 243 g/mol. The number of methoxy groups -OCH3 is 1. The van der Waals surface area contributed by atoms with Crippen LogP contribution in [-0.2, 0) is 14.3 Å². The molecule has 0 unspecified atom stereocenters. The average molecular weight is 243 g/mol. The summed E-state index contributed by atoms with van der Waals surface area (Å²) in [5, 5.41) is 2.95. The fourth-order valence-electron chi connectivity index (χ4n) is 2.20. The normalized spacial score (nSPS) is 16.3. The van der Waals surface area contributed by atoms with Gasteiger partial charge in [-0.1, -0.05) is 12.8 Å². The summed E-state index contributed by atoms with van der Waals surface area (Å²) in [4.78, 5) is 11.6. The van der Waals surface area contributed by atoms with Crippen molar-refractivity contribution in [1.82, 2.24) is 5.32 Å². The molecule has 0 radical (unpaired) electrons. The van der Waals surface area contributed by atoms with E-state index < -0.39 is 0 Å². The molecule has 0 heterocycles. The van der Waals surface area contributed by atoms with E-state index in [1.807, 2.05) is 0 Å².